The van der Waals surface area contributed by atoms with Crippen molar-refractivity contribution in [2.24, 2.45) is 10.3 Å². The highest BCUT2D eigenvalue weighted by molar-refractivity contribution is 5.87. The Morgan fingerprint density at radius 3 is 2.76 bits per heavy atom. The molecule has 2 heterocycles. The molecule has 1 aromatic carbocycles. The molecule has 0 spiro atoms. The lowest BCUT2D eigenvalue weighted by molar-refractivity contribution is 0.0857. The van der Waals surface area contributed by atoms with E-state index in [4.69, 9.17) is 15.1 Å². The highest BCUT2D eigenvalue weighted by atomic mass is 16.6. The van der Waals surface area contributed by atoms with E-state index in [1.807, 2.05) is 0 Å². The number of oxime groups is 1. The van der Waals surface area contributed by atoms with Gasteiger partial charge >= 0.3 is 0 Å². The Labute approximate surface area is 122 Å². The molecule has 2 aliphatic heterocycles. The molecule has 1 fully saturated rings. The summed E-state index contributed by atoms with van der Waals surface area (Å²) in [6.07, 6.45) is 0.600. The molecule has 21 heavy (non-hydrogen) atoms. The van der Waals surface area contributed by atoms with Gasteiger partial charge in [0.05, 0.1) is 25.5 Å². The molecular formula is C14H17N5O2. The van der Waals surface area contributed by atoms with Crippen molar-refractivity contribution in [2.75, 3.05) is 37.7 Å². The first-order valence-electron chi connectivity index (χ1n) is 7.02. The first-order chi connectivity index (χ1) is 10.4. The minimum absolute atomic E-state index is 0.0763. The number of hydrogen-bond acceptors (Lipinski definition) is 5. The van der Waals surface area contributed by atoms with E-state index in [1.54, 1.807) is 0 Å². The molecule has 1 aromatic rings. The zero-order chi connectivity index (χ0) is 14.5. The SMILES string of the molecule is [N-]=[N+]=NCC1=NOC(c2ccc(N3CCOCC3)cc2)C1. The molecule has 0 aliphatic carbocycles. The third kappa shape index (κ3) is 3.26. The van der Waals surface area contributed by atoms with Gasteiger partial charge in [-0.2, -0.15) is 0 Å². The van der Waals surface area contributed by atoms with Crippen LogP contribution in [-0.4, -0.2) is 38.6 Å². The number of rotatable bonds is 4. The molecule has 3 rings (SSSR count). The van der Waals surface area contributed by atoms with Crippen molar-refractivity contribution < 1.29 is 9.57 Å². The first-order valence-corrected chi connectivity index (χ1v) is 7.02. The van der Waals surface area contributed by atoms with Crippen molar-refractivity contribution in [2.45, 2.75) is 12.5 Å². The van der Waals surface area contributed by atoms with Crippen molar-refractivity contribution >= 4 is 11.4 Å². The molecule has 0 bridgehead atoms. The van der Waals surface area contributed by atoms with Crippen molar-refractivity contribution in [3.8, 4) is 0 Å². The van der Waals surface area contributed by atoms with E-state index in [1.165, 1.54) is 5.69 Å². The van der Waals surface area contributed by atoms with Crippen LogP contribution in [0.25, 0.3) is 10.4 Å². The van der Waals surface area contributed by atoms with Crippen molar-refractivity contribution in [1.82, 2.24) is 0 Å². The summed E-state index contributed by atoms with van der Waals surface area (Å²) in [4.78, 5) is 10.5. The smallest absolute Gasteiger partial charge is 0.157 e. The standard InChI is InChI=1S/C14H17N5O2/c15-18-16-10-12-9-14(21-17-12)11-1-3-13(4-2-11)19-5-7-20-8-6-19/h1-4,14H,5-10H2. The van der Waals surface area contributed by atoms with Crippen LogP contribution in [0.5, 0.6) is 0 Å². The van der Waals surface area contributed by atoms with Crippen LogP contribution >= 0.6 is 0 Å². The zero-order valence-electron chi connectivity index (χ0n) is 11.7. The Kier molecular flexibility index (Phi) is 4.23. The summed E-state index contributed by atoms with van der Waals surface area (Å²) in [7, 11) is 0. The molecular weight excluding hydrogens is 270 g/mol. The molecule has 1 saturated heterocycles. The van der Waals surface area contributed by atoms with E-state index in [2.05, 4.69) is 44.3 Å². The lowest BCUT2D eigenvalue weighted by atomic mass is 10.0. The summed E-state index contributed by atoms with van der Waals surface area (Å²) < 4.78 is 5.36. The van der Waals surface area contributed by atoms with Gasteiger partial charge < -0.3 is 14.5 Å². The van der Waals surface area contributed by atoms with Gasteiger partial charge in [0.2, 0.25) is 0 Å². The van der Waals surface area contributed by atoms with Gasteiger partial charge in [-0.1, -0.05) is 22.4 Å². The Hall–Kier alpha value is -2.24. The fraction of sp³-hybridized carbons (Fsp3) is 0.500. The predicted molar refractivity (Wildman–Crippen MR) is 79.4 cm³/mol. The molecule has 0 radical (unpaired) electrons. The van der Waals surface area contributed by atoms with Crippen LogP contribution in [0.4, 0.5) is 5.69 Å². The molecule has 0 amide bonds. The second-order valence-corrected chi connectivity index (χ2v) is 5.04. The Morgan fingerprint density at radius 2 is 2.05 bits per heavy atom. The molecule has 0 aromatic heterocycles. The average molecular weight is 287 g/mol. The third-order valence-electron chi connectivity index (χ3n) is 3.69. The summed E-state index contributed by atoms with van der Waals surface area (Å²) in [6, 6.07) is 8.36. The van der Waals surface area contributed by atoms with Gasteiger partial charge in [-0.15, -0.1) is 0 Å². The minimum atomic E-state index is -0.0763. The van der Waals surface area contributed by atoms with Crippen LogP contribution in [0.2, 0.25) is 0 Å². The van der Waals surface area contributed by atoms with Crippen LogP contribution in [0.3, 0.4) is 0 Å². The predicted octanol–water partition coefficient (Wildman–Crippen LogP) is 2.65. The van der Waals surface area contributed by atoms with Gasteiger partial charge in [0.15, 0.2) is 6.10 Å². The summed E-state index contributed by atoms with van der Waals surface area (Å²) in [5, 5.41) is 7.48. The van der Waals surface area contributed by atoms with Crippen LogP contribution in [0.1, 0.15) is 18.1 Å². The van der Waals surface area contributed by atoms with E-state index in [0.29, 0.717) is 6.42 Å². The van der Waals surface area contributed by atoms with Gasteiger partial charge in [-0.25, -0.2) is 0 Å². The van der Waals surface area contributed by atoms with Gasteiger partial charge in [0, 0.05) is 30.1 Å². The van der Waals surface area contributed by atoms with Crippen molar-refractivity contribution in [3.63, 3.8) is 0 Å². The molecule has 1 unspecified atom stereocenters. The molecule has 7 heteroatoms. The van der Waals surface area contributed by atoms with Crippen LogP contribution in [-0.2, 0) is 9.57 Å². The number of anilines is 1. The number of ether oxygens (including phenoxy) is 1. The highest BCUT2D eigenvalue weighted by Gasteiger charge is 2.22. The maximum absolute atomic E-state index is 8.31. The second-order valence-electron chi connectivity index (χ2n) is 5.04. The van der Waals surface area contributed by atoms with E-state index in [9.17, 15) is 0 Å². The number of hydrogen-bond donors (Lipinski definition) is 0. The number of azide groups is 1. The van der Waals surface area contributed by atoms with Gasteiger partial charge in [0.25, 0.3) is 0 Å². The number of benzene rings is 1. The lowest BCUT2D eigenvalue weighted by Gasteiger charge is -2.29. The molecule has 1 atom stereocenters. The van der Waals surface area contributed by atoms with E-state index in [0.717, 1.165) is 37.6 Å². The van der Waals surface area contributed by atoms with Gasteiger partial charge in [0.1, 0.15) is 0 Å². The summed E-state index contributed by atoms with van der Waals surface area (Å²) in [6.45, 7) is 3.70. The Balaban J connectivity index is 1.61. The average Bonchev–Trinajstić information content (AvgIpc) is 3.03. The lowest BCUT2D eigenvalue weighted by Crippen LogP contribution is -2.36. The van der Waals surface area contributed by atoms with Crippen molar-refractivity contribution in [1.29, 1.82) is 0 Å². The Bertz CT molecular complexity index is 559. The van der Waals surface area contributed by atoms with E-state index < -0.39 is 0 Å². The van der Waals surface area contributed by atoms with Crippen LogP contribution in [0.15, 0.2) is 34.5 Å². The van der Waals surface area contributed by atoms with Gasteiger partial charge in [-0.05, 0) is 23.2 Å². The zero-order valence-corrected chi connectivity index (χ0v) is 11.7. The minimum Gasteiger partial charge on any atom is -0.387 e. The summed E-state index contributed by atoms with van der Waals surface area (Å²) in [5.74, 6) is 0. The van der Waals surface area contributed by atoms with Crippen LogP contribution < -0.4 is 4.90 Å². The van der Waals surface area contributed by atoms with Crippen LogP contribution in [0, 0.1) is 0 Å². The number of morpholine rings is 1. The van der Waals surface area contributed by atoms with E-state index in [-0.39, 0.29) is 12.6 Å². The molecule has 110 valence electrons. The maximum Gasteiger partial charge on any atom is 0.157 e. The topological polar surface area (TPSA) is 82.8 Å². The molecule has 0 saturated carbocycles. The van der Waals surface area contributed by atoms with E-state index >= 15 is 0 Å². The monoisotopic (exact) mass is 287 g/mol. The normalized spacial score (nSPS) is 21.4. The first kappa shape index (κ1) is 13.7. The maximum atomic E-state index is 8.31. The second kappa shape index (κ2) is 6.47. The molecule has 0 N–H and O–H groups in total. The largest absolute Gasteiger partial charge is 0.387 e. The quantitative estimate of drug-likeness (QED) is 0.485. The summed E-state index contributed by atoms with van der Waals surface area (Å²) in [5.41, 5.74) is 11.4. The molecule has 7 nitrogen and oxygen atoms in total. The highest BCUT2D eigenvalue weighted by Crippen LogP contribution is 2.29. The fourth-order valence-electron chi connectivity index (χ4n) is 2.53. The number of nitrogens with zero attached hydrogens (tertiary/aromatic N) is 5. The van der Waals surface area contributed by atoms with Gasteiger partial charge in [-0.3, -0.25) is 0 Å². The van der Waals surface area contributed by atoms with Crippen molar-refractivity contribution in [3.05, 3.63) is 40.3 Å². The third-order valence-corrected chi connectivity index (χ3v) is 3.69. The fourth-order valence-corrected chi connectivity index (χ4v) is 2.53. The Morgan fingerprint density at radius 1 is 1.29 bits per heavy atom. The summed E-state index contributed by atoms with van der Waals surface area (Å²) >= 11 is 0. The molecule has 2 aliphatic rings.